The number of ether oxygens (including phenoxy) is 1. The third-order valence-electron chi connectivity index (χ3n) is 4.64. The van der Waals surface area contributed by atoms with Crippen LogP contribution >= 0.6 is 0 Å². The van der Waals surface area contributed by atoms with E-state index in [1.54, 1.807) is 11.5 Å². The fourth-order valence-electron chi connectivity index (χ4n) is 3.46. The first-order chi connectivity index (χ1) is 10.6. The first kappa shape index (κ1) is 14.9. The highest BCUT2D eigenvalue weighted by molar-refractivity contribution is 5.91. The molecule has 1 aliphatic carbocycles. The van der Waals surface area contributed by atoms with Crippen LogP contribution in [0, 0.1) is 5.41 Å². The number of imidazole rings is 1. The number of hydrogen-bond donors (Lipinski definition) is 0. The fraction of sp³-hybridized carbons (Fsp3) is 0.529. The first-order valence-electron chi connectivity index (χ1n) is 8.01. The summed E-state index contributed by atoms with van der Waals surface area (Å²) in [4.78, 5) is 25.2. The van der Waals surface area contributed by atoms with E-state index in [9.17, 15) is 9.59 Å². The maximum absolute atomic E-state index is 12.7. The molecule has 0 unspecified atom stereocenters. The van der Waals surface area contributed by atoms with Crippen LogP contribution in [-0.2, 0) is 22.5 Å². The molecule has 0 amide bonds. The first-order valence-corrected chi connectivity index (χ1v) is 8.01. The van der Waals surface area contributed by atoms with Gasteiger partial charge in [-0.05, 0) is 32.6 Å². The highest BCUT2D eigenvalue weighted by Crippen LogP contribution is 2.40. The molecule has 0 bridgehead atoms. The van der Waals surface area contributed by atoms with Gasteiger partial charge in [-0.3, -0.25) is 13.9 Å². The lowest BCUT2D eigenvalue weighted by atomic mass is 9.78. The minimum absolute atomic E-state index is 0.0452. The number of carbonyl (C=O) groups excluding carboxylic acids is 1. The highest BCUT2D eigenvalue weighted by atomic mass is 16.5. The van der Waals surface area contributed by atoms with Crippen LogP contribution in [-0.4, -0.2) is 21.7 Å². The second kappa shape index (κ2) is 5.63. The summed E-state index contributed by atoms with van der Waals surface area (Å²) in [5.41, 5.74) is 0.883. The fourth-order valence-corrected chi connectivity index (χ4v) is 3.46. The lowest BCUT2D eigenvalue weighted by Crippen LogP contribution is -2.38. The molecule has 0 saturated heterocycles. The maximum Gasteiger partial charge on any atom is 0.332 e. The van der Waals surface area contributed by atoms with Crippen LogP contribution in [0.4, 0.5) is 0 Å². The molecular formula is C17H22N2O3. The zero-order valence-electron chi connectivity index (χ0n) is 13.2. The van der Waals surface area contributed by atoms with Gasteiger partial charge in [0.05, 0.1) is 6.61 Å². The predicted molar refractivity (Wildman–Crippen MR) is 84.4 cm³/mol. The van der Waals surface area contributed by atoms with E-state index in [1.165, 1.54) is 0 Å². The predicted octanol–water partition coefficient (Wildman–Crippen LogP) is 2.36. The van der Waals surface area contributed by atoms with Gasteiger partial charge in [-0.1, -0.05) is 25.2 Å². The summed E-state index contributed by atoms with van der Waals surface area (Å²) >= 11 is 0. The van der Waals surface area contributed by atoms with Crippen molar-refractivity contribution in [2.45, 2.75) is 46.1 Å². The number of aryl methyl sites for hydroxylation is 1. The van der Waals surface area contributed by atoms with Gasteiger partial charge in [0.25, 0.3) is 0 Å². The van der Waals surface area contributed by atoms with Gasteiger partial charge in [-0.15, -0.1) is 0 Å². The molecular weight excluding hydrogens is 280 g/mol. The Morgan fingerprint density at radius 3 is 2.91 bits per heavy atom. The zero-order chi connectivity index (χ0) is 15.7. The Hall–Kier alpha value is -2.04. The van der Waals surface area contributed by atoms with Crippen LogP contribution in [0.5, 0.6) is 0 Å². The summed E-state index contributed by atoms with van der Waals surface area (Å²) in [6, 6.07) is 0. The van der Waals surface area contributed by atoms with E-state index >= 15 is 0 Å². The molecule has 5 nitrogen and oxygen atoms in total. The van der Waals surface area contributed by atoms with Crippen molar-refractivity contribution in [2.24, 2.45) is 5.41 Å². The van der Waals surface area contributed by atoms with Crippen molar-refractivity contribution in [2.75, 3.05) is 6.61 Å². The number of esters is 1. The van der Waals surface area contributed by atoms with E-state index in [2.05, 4.69) is 0 Å². The average molecular weight is 302 g/mol. The van der Waals surface area contributed by atoms with Crippen molar-refractivity contribution in [1.29, 1.82) is 0 Å². The molecule has 0 spiro atoms. The van der Waals surface area contributed by atoms with Gasteiger partial charge in [-0.25, -0.2) is 4.79 Å². The second-order valence-electron chi connectivity index (χ2n) is 5.80. The van der Waals surface area contributed by atoms with Crippen LogP contribution in [0.3, 0.4) is 0 Å². The lowest BCUT2D eigenvalue weighted by molar-refractivity contribution is -0.149. The summed E-state index contributed by atoms with van der Waals surface area (Å²) in [6.07, 6.45) is 11.0. The minimum Gasteiger partial charge on any atom is -0.465 e. The Balaban J connectivity index is 2.10. The molecule has 1 aromatic rings. The highest BCUT2D eigenvalue weighted by Gasteiger charge is 2.42. The van der Waals surface area contributed by atoms with Gasteiger partial charge in [0.15, 0.2) is 0 Å². The lowest BCUT2D eigenvalue weighted by Gasteiger charge is -2.32. The van der Waals surface area contributed by atoms with E-state index in [-0.39, 0.29) is 11.7 Å². The van der Waals surface area contributed by atoms with Gasteiger partial charge >= 0.3 is 11.7 Å². The van der Waals surface area contributed by atoms with Gasteiger partial charge in [0, 0.05) is 24.1 Å². The molecule has 1 aromatic heterocycles. The number of carbonyl (C=O) groups is 1. The third-order valence-corrected chi connectivity index (χ3v) is 4.64. The molecule has 3 rings (SSSR count). The van der Waals surface area contributed by atoms with Crippen molar-refractivity contribution in [3.8, 4) is 0 Å². The average Bonchev–Trinajstić information content (AvgIpc) is 3.10. The standard InChI is InChI=1S/C17H22N2O3/c1-3-17(15(20)22-4-2)10-6-5-9-14(17)19-12-13-8-7-11-18(13)16(19)21/h6,9-10,12H,3-5,7-8,11H2,1-2H3/t17-/m1/s1. The summed E-state index contributed by atoms with van der Waals surface area (Å²) < 4.78 is 8.75. The zero-order valence-corrected chi connectivity index (χ0v) is 13.2. The molecule has 118 valence electrons. The van der Waals surface area contributed by atoms with E-state index in [0.29, 0.717) is 13.0 Å². The van der Waals surface area contributed by atoms with E-state index in [4.69, 9.17) is 4.74 Å². The summed E-state index contributed by atoms with van der Waals surface area (Å²) in [5, 5.41) is 0. The van der Waals surface area contributed by atoms with E-state index < -0.39 is 5.41 Å². The van der Waals surface area contributed by atoms with Crippen molar-refractivity contribution < 1.29 is 9.53 Å². The molecule has 2 aliphatic rings. The van der Waals surface area contributed by atoms with Crippen molar-refractivity contribution >= 4 is 11.7 Å². The Kier molecular flexibility index (Phi) is 3.81. The molecule has 0 N–H and O–H groups in total. The smallest absolute Gasteiger partial charge is 0.332 e. The monoisotopic (exact) mass is 302 g/mol. The molecule has 2 heterocycles. The number of fused-ring (bicyclic) bond motifs is 1. The number of aromatic nitrogens is 2. The molecule has 1 aliphatic heterocycles. The van der Waals surface area contributed by atoms with Gasteiger partial charge in [0.2, 0.25) is 0 Å². The second-order valence-corrected chi connectivity index (χ2v) is 5.80. The van der Waals surface area contributed by atoms with Gasteiger partial charge in [0.1, 0.15) is 5.41 Å². The third kappa shape index (κ3) is 2.07. The largest absolute Gasteiger partial charge is 0.465 e. The van der Waals surface area contributed by atoms with Crippen molar-refractivity contribution in [3.63, 3.8) is 0 Å². The molecule has 0 fully saturated rings. The topological polar surface area (TPSA) is 53.2 Å². The number of rotatable bonds is 4. The molecule has 5 heteroatoms. The Morgan fingerprint density at radius 1 is 1.41 bits per heavy atom. The van der Waals surface area contributed by atoms with Crippen LogP contribution in [0.2, 0.25) is 0 Å². The van der Waals surface area contributed by atoms with Gasteiger partial charge in [-0.2, -0.15) is 0 Å². The maximum atomic E-state index is 12.7. The SMILES string of the molecule is CCOC(=O)[C@]1(CC)C=CCC=C1n1cc2n(c1=O)CCC2. The van der Waals surface area contributed by atoms with E-state index in [0.717, 1.165) is 37.2 Å². The summed E-state index contributed by atoms with van der Waals surface area (Å²) in [5.74, 6) is -0.280. The Labute approximate surface area is 129 Å². The Morgan fingerprint density at radius 2 is 2.23 bits per heavy atom. The van der Waals surface area contributed by atoms with Crippen molar-refractivity contribution in [3.05, 3.63) is 40.6 Å². The molecule has 0 radical (unpaired) electrons. The normalized spacial score (nSPS) is 23.3. The number of allylic oxidation sites excluding steroid dienone is 2. The summed E-state index contributed by atoms with van der Waals surface area (Å²) in [6.45, 7) is 4.86. The van der Waals surface area contributed by atoms with Crippen LogP contribution in [0.25, 0.3) is 5.70 Å². The molecule has 1 atom stereocenters. The minimum atomic E-state index is -0.860. The van der Waals surface area contributed by atoms with Crippen LogP contribution in [0.1, 0.15) is 38.8 Å². The molecule has 22 heavy (non-hydrogen) atoms. The van der Waals surface area contributed by atoms with Crippen LogP contribution in [0.15, 0.2) is 29.2 Å². The Bertz CT molecular complexity index is 708. The number of hydrogen-bond acceptors (Lipinski definition) is 3. The van der Waals surface area contributed by atoms with E-state index in [1.807, 2.05) is 35.9 Å². The number of nitrogens with zero attached hydrogens (tertiary/aromatic N) is 2. The quantitative estimate of drug-likeness (QED) is 0.634. The van der Waals surface area contributed by atoms with Gasteiger partial charge < -0.3 is 4.74 Å². The summed E-state index contributed by atoms with van der Waals surface area (Å²) in [7, 11) is 0. The molecule has 0 aromatic carbocycles. The molecule has 0 saturated carbocycles. The van der Waals surface area contributed by atoms with Crippen molar-refractivity contribution in [1.82, 2.24) is 9.13 Å². The van der Waals surface area contributed by atoms with Crippen LogP contribution < -0.4 is 5.69 Å².